The summed E-state index contributed by atoms with van der Waals surface area (Å²) in [6.45, 7) is 1.26. The maximum Gasteiger partial charge on any atom is 0.241 e. The summed E-state index contributed by atoms with van der Waals surface area (Å²) in [7, 11) is -3.92. The van der Waals surface area contributed by atoms with Crippen molar-refractivity contribution in [3.8, 4) is 5.75 Å². The van der Waals surface area contributed by atoms with Crippen LogP contribution >= 0.6 is 0 Å². The van der Waals surface area contributed by atoms with Gasteiger partial charge in [-0.3, -0.25) is 4.79 Å². The fourth-order valence-corrected chi connectivity index (χ4v) is 2.78. The van der Waals surface area contributed by atoms with E-state index < -0.39 is 28.3 Å². The standard InChI is InChI=1S/C15H15FN2O4S/c1-10-2-7-13(14(19)8-10)18-15(20)9-17-23(21,22)12-5-3-11(16)4-6-12/h2-8,17,19H,9H2,1H3,(H,18,20). The van der Waals surface area contributed by atoms with Gasteiger partial charge in [0, 0.05) is 0 Å². The summed E-state index contributed by atoms with van der Waals surface area (Å²) in [5, 5.41) is 12.1. The van der Waals surface area contributed by atoms with Gasteiger partial charge in [0.05, 0.1) is 17.1 Å². The summed E-state index contributed by atoms with van der Waals surface area (Å²) in [5.74, 6) is -1.31. The fraction of sp³-hybridized carbons (Fsp3) is 0.133. The van der Waals surface area contributed by atoms with Gasteiger partial charge in [-0.1, -0.05) is 6.07 Å². The Labute approximate surface area is 133 Å². The Bertz CT molecular complexity index is 820. The molecule has 2 rings (SSSR count). The molecule has 0 spiro atoms. The molecule has 0 fully saturated rings. The number of aromatic hydroxyl groups is 1. The number of hydrogen-bond donors (Lipinski definition) is 3. The van der Waals surface area contributed by atoms with Gasteiger partial charge in [-0.05, 0) is 48.9 Å². The van der Waals surface area contributed by atoms with Crippen molar-refractivity contribution in [2.45, 2.75) is 11.8 Å². The molecule has 6 nitrogen and oxygen atoms in total. The minimum Gasteiger partial charge on any atom is -0.506 e. The zero-order chi connectivity index (χ0) is 17.0. The number of phenols is 1. The van der Waals surface area contributed by atoms with Crippen molar-refractivity contribution in [2.75, 3.05) is 11.9 Å². The highest BCUT2D eigenvalue weighted by Gasteiger charge is 2.16. The molecule has 0 heterocycles. The van der Waals surface area contributed by atoms with Crippen LogP contribution in [-0.4, -0.2) is 26.0 Å². The first-order valence-electron chi connectivity index (χ1n) is 6.62. The average molecular weight is 338 g/mol. The van der Waals surface area contributed by atoms with Crippen molar-refractivity contribution in [1.82, 2.24) is 4.72 Å². The van der Waals surface area contributed by atoms with Crippen LogP contribution in [-0.2, 0) is 14.8 Å². The molecule has 0 aliphatic carbocycles. The number of nitrogens with one attached hydrogen (secondary N) is 2. The third-order valence-electron chi connectivity index (χ3n) is 2.97. The Morgan fingerprint density at radius 2 is 1.83 bits per heavy atom. The van der Waals surface area contributed by atoms with Gasteiger partial charge in [-0.2, -0.15) is 0 Å². The number of hydrogen-bond acceptors (Lipinski definition) is 4. The molecule has 8 heteroatoms. The Morgan fingerprint density at radius 3 is 2.43 bits per heavy atom. The SMILES string of the molecule is Cc1ccc(NC(=O)CNS(=O)(=O)c2ccc(F)cc2)c(O)c1. The Morgan fingerprint density at radius 1 is 1.17 bits per heavy atom. The minimum absolute atomic E-state index is 0.111. The van der Waals surface area contributed by atoms with E-state index in [9.17, 15) is 22.7 Å². The highest BCUT2D eigenvalue weighted by Crippen LogP contribution is 2.23. The van der Waals surface area contributed by atoms with Crippen molar-refractivity contribution in [3.05, 3.63) is 53.8 Å². The molecule has 0 atom stereocenters. The van der Waals surface area contributed by atoms with Crippen LogP contribution in [0.4, 0.5) is 10.1 Å². The lowest BCUT2D eigenvalue weighted by Gasteiger charge is -2.09. The summed E-state index contributed by atoms with van der Waals surface area (Å²) in [6.07, 6.45) is 0. The summed E-state index contributed by atoms with van der Waals surface area (Å²) < 4.78 is 38.8. The normalized spacial score (nSPS) is 11.2. The number of phenolic OH excluding ortho intramolecular Hbond substituents is 1. The Hall–Kier alpha value is -2.45. The van der Waals surface area contributed by atoms with E-state index in [1.807, 2.05) is 0 Å². The molecule has 0 aliphatic heterocycles. The predicted octanol–water partition coefficient (Wildman–Crippen LogP) is 1.76. The molecule has 0 unspecified atom stereocenters. The van der Waals surface area contributed by atoms with Gasteiger partial charge in [-0.25, -0.2) is 17.5 Å². The monoisotopic (exact) mass is 338 g/mol. The van der Waals surface area contributed by atoms with Gasteiger partial charge in [0.25, 0.3) is 0 Å². The van der Waals surface area contributed by atoms with Crippen molar-refractivity contribution in [2.24, 2.45) is 0 Å². The lowest BCUT2D eigenvalue weighted by Crippen LogP contribution is -2.32. The molecule has 23 heavy (non-hydrogen) atoms. The van der Waals surface area contributed by atoms with Crippen LogP contribution in [0.3, 0.4) is 0 Å². The molecular formula is C15H15FN2O4S. The largest absolute Gasteiger partial charge is 0.506 e. The van der Waals surface area contributed by atoms with Gasteiger partial charge in [0.15, 0.2) is 0 Å². The van der Waals surface area contributed by atoms with Crippen LogP contribution in [0, 0.1) is 12.7 Å². The van der Waals surface area contributed by atoms with Crippen LogP contribution < -0.4 is 10.0 Å². The molecule has 3 N–H and O–H groups in total. The van der Waals surface area contributed by atoms with E-state index in [0.29, 0.717) is 0 Å². The van der Waals surface area contributed by atoms with Crippen LogP contribution in [0.2, 0.25) is 0 Å². The van der Waals surface area contributed by atoms with Gasteiger partial charge < -0.3 is 10.4 Å². The highest BCUT2D eigenvalue weighted by molar-refractivity contribution is 7.89. The van der Waals surface area contributed by atoms with Gasteiger partial charge >= 0.3 is 0 Å². The first-order chi connectivity index (χ1) is 10.8. The summed E-state index contributed by atoms with van der Waals surface area (Å²) in [6, 6.07) is 8.90. The van der Waals surface area contributed by atoms with E-state index in [1.165, 1.54) is 12.1 Å². The van der Waals surface area contributed by atoms with Crippen molar-refractivity contribution in [1.29, 1.82) is 0 Å². The quantitative estimate of drug-likeness (QED) is 0.724. The number of carbonyl (C=O) groups excluding carboxylic acids is 1. The molecule has 2 aromatic carbocycles. The molecule has 0 bridgehead atoms. The molecule has 0 aliphatic rings. The Kier molecular flexibility index (Phi) is 4.97. The van der Waals surface area contributed by atoms with Crippen LogP contribution in [0.1, 0.15) is 5.56 Å². The van der Waals surface area contributed by atoms with Gasteiger partial charge in [0.2, 0.25) is 15.9 Å². The molecular weight excluding hydrogens is 323 g/mol. The topological polar surface area (TPSA) is 95.5 Å². The first kappa shape index (κ1) is 16.9. The van der Waals surface area contributed by atoms with Crippen molar-refractivity contribution >= 4 is 21.6 Å². The highest BCUT2D eigenvalue weighted by atomic mass is 32.2. The molecule has 0 aromatic heterocycles. The molecule has 2 aromatic rings. The molecule has 0 saturated carbocycles. The third kappa shape index (κ3) is 4.51. The van der Waals surface area contributed by atoms with E-state index in [4.69, 9.17) is 0 Å². The zero-order valence-corrected chi connectivity index (χ0v) is 13.0. The minimum atomic E-state index is -3.92. The maximum atomic E-state index is 12.8. The second-order valence-electron chi connectivity index (χ2n) is 4.85. The number of rotatable bonds is 5. The number of amides is 1. The smallest absolute Gasteiger partial charge is 0.241 e. The first-order valence-corrected chi connectivity index (χ1v) is 8.11. The molecule has 1 amide bonds. The van der Waals surface area contributed by atoms with Gasteiger partial charge in [-0.15, -0.1) is 0 Å². The van der Waals surface area contributed by atoms with Crippen LogP contribution in [0.15, 0.2) is 47.4 Å². The van der Waals surface area contributed by atoms with E-state index in [0.717, 1.165) is 29.8 Å². The number of benzene rings is 2. The maximum absolute atomic E-state index is 12.8. The lowest BCUT2D eigenvalue weighted by atomic mass is 10.2. The van der Waals surface area contributed by atoms with E-state index in [1.54, 1.807) is 13.0 Å². The number of aryl methyl sites for hydroxylation is 1. The van der Waals surface area contributed by atoms with E-state index >= 15 is 0 Å². The van der Waals surface area contributed by atoms with Crippen LogP contribution in [0.25, 0.3) is 0 Å². The number of halogens is 1. The summed E-state index contributed by atoms with van der Waals surface area (Å²) in [5.41, 5.74) is 0.999. The lowest BCUT2D eigenvalue weighted by molar-refractivity contribution is -0.115. The van der Waals surface area contributed by atoms with Gasteiger partial charge in [0.1, 0.15) is 11.6 Å². The van der Waals surface area contributed by atoms with Crippen molar-refractivity contribution in [3.63, 3.8) is 0 Å². The summed E-state index contributed by atoms with van der Waals surface area (Å²) in [4.78, 5) is 11.6. The number of sulfonamides is 1. The fourth-order valence-electron chi connectivity index (χ4n) is 1.80. The molecule has 0 saturated heterocycles. The predicted molar refractivity (Wildman–Crippen MR) is 83.1 cm³/mol. The number of anilines is 1. The van der Waals surface area contributed by atoms with Crippen LogP contribution in [0.5, 0.6) is 5.75 Å². The third-order valence-corrected chi connectivity index (χ3v) is 4.39. The Balaban J connectivity index is 1.99. The summed E-state index contributed by atoms with van der Waals surface area (Å²) >= 11 is 0. The molecule has 0 radical (unpaired) electrons. The zero-order valence-electron chi connectivity index (χ0n) is 12.2. The molecule has 122 valence electrons. The number of carbonyl (C=O) groups is 1. The second-order valence-corrected chi connectivity index (χ2v) is 6.61. The van der Waals surface area contributed by atoms with E-state index in [2.05, 4.69) is 10.0 Å². The average Bonchev–Trinajstić information content (AvgIpc) is 2.49. The second kappa shape index (κ2) is 6.76. The van der Waals surface area contributed by atoms with E-state index in [-0.39, 0.29) is 16.3 Å². The van der Waals surface area contributed by atoms with Crippen molar-refractivity contribution < 1.29 is 22.7 Å².